The largest absolute Gasteiger partial charge is 0.337 e. The van der Waals surface area contributed by atoms with E-state index in [-0.39, 0.29) is 0 Å². The fourth-order valence-corrected chi connectivity index (χ4v) is 9.45. The molecule has 0 aromatic carbocycles. The predicted molar refractivity (Wildman–Crippen MR) is 151 cm³/mol. The predicted octanol–water partition coefficient (Wildman–Crippen LogP) is -3.17. The fraction of sp³-hybridized carbons (Fsp3) is 1.00. The molecule has 0 atom stereocenters. The summed E-state index contributed by atoms with van der Waals surface area (Å²) in [6.07, 6.45) is 0. The molecule has 0 unspecified atom stereocenters. The van der Waals surface area contributed by atoms with Gasteiger partial charge in [-0.15, -0.1) is 0 Å². The molecule has 35 heteroatoms. The average molecular weight is 824 g/mol. The Morgan fingerprint density at radius 2 is 0.442 bits per heavy atom. The Kier molecular flexibility index (Phi) is 28.8. The highest BCUT2D eigenvalue weighted by atomic mass is 32.2. The maximum absolute atomic E-state index is 9.85. The van der Waals surface area contributed by atoms with Gasteiger partial charge in [-0.2, -0.15) is 11.8 Å². The summed E-state index contributed by atoms with van der Waals surface area (Å²) < 4.78 is 78.8. The zero-order valence-electron chi connectivity index (χ0n) is 21.2. The van der Waals surface area contributed by atoms with Gasteiger partial charge in [0, 0.05) is 24.6 Å². The third-order valence-corrected chi connectivity index (χ3v) is 14.8. The van der Waals surface area contributed by atoms with Crippen molar-refractivity contribution in [3.63, 3.8) is 0 Å². The van der Waals surface area contributed by atoms with Crippen molar-refractivity contribution < 1.29 is 115 Å². The second-order valence-electron chi connectivity index (χ2n) is 7.07. The van der Waals surface area contributed by atoms with E-state index >= 15 is 0 Å². The summed E-state index contributed by atoms with van der Waals surface area (Å²) in [5.74, 6) is -3.42. The number of rotatable bonds is 12. The molecule has 20 N–H and O–H groups in total. The number of thioether (sulfide) groups is 1. The second kappa shape index (κ2) is 22.9. The Balaban J connectivity index is -0.000000140. The maximum atomic E-state index is 9.85. The van der Waals surface area contributed by atoms with E-state index in [1.165, 1.54) is 0 Å². The molecule has 0 aliphatic rings. The van der Waals surface area contributed by atoms with Gasteiger partial charge in [-0.05, 0) is 0 Å². The standard InChI is InChI=1S/C4H12N2S.4CH6O6P2/c5-1-3-7-4-2-6;4*2-8(3,4)1-9(5,6)7/h1-6H2;4*1H2,(H2,2,3,4)(H2,5,6,7). The van der Waals surface area contributed by atoms with Crippen LogP contribution in [0.2, 0.25) is 0 Å². The van der Waals surface area contributed by atoms with Gasteiger partial charge in [0.05, 0.1) is 0 Å². The third kappa shape index (κ3) is 86.1. The lowest BCUT2D eigenvalue weighted by atomic mass is 10.8. The van der Waals surface area contributed by atoms with E-state index in [4.69, 9.17) is 89.8 Å². The van der Waals surface area contributed by atoms with Crippen LogP contribution in [0.3, 0.4) is 0 Å². The molecule has 0 fully saturated rings. The van der Waals surface area contributed by atoms with Crippen LogP contribution >= 0.6 is 72.5 Å². The smallest absolute Gasteiger partial charge is 0.330 e. The number of hydrogen-bond donors (Lipinski definition) is 18. The van der Waals surface area contributed by atoms with Crippen molar-refractivity contribution in [1.82, 2.24) is 0 Å². The first-order chi connectivity index (χ1) is 18.2. The van der Waals surface area contributed by atoms with Crippen LogP contribution in [-0.4, -0.2) is 127 Å². The molecule has 0 aromatic heterocycles. The van der Waals surface area contributed by atoms with Crippen LogP contribution in [0.5, 0.6) is 0 Å². The van der Waals surface area contributed by atoms with Crippen molar-refractivity contribution in [3.05, 3.63) is 0 Å². The molecule has 0 rings (SSSR count). The molecular weight excluding hydrogens is 788 g/mol. The van der Waals surface area contributed by atoms with Gasteiger partial charge in [0.25, 0.3) is 0 Å². The normalized spacial score (nSPS) is 13.1. The van der Waals surface area contributed by atoms with Gasteiger partial charge in [0.1, 0.15) is 0 Å². The van der Waals surface area contributed by atoms with Crippen LogP contribution in [0.1, 0.15) is 0 Å². The van der Waals surface area contributed by atoms with Gasteiger partial charge in [-0.25, -0.2) is 0 Å². The SMILES string of the molecule is NCCSCCN.O=P(O)(O)CP(=O)(O)O.O=P(O)(O)CP(=O)(O)O.O=P(O)(O)CP(=O)(O)O.O=P(O)(O)CP(=O)(O)O. The molecule has 43 heavy (non-hydrogen) atoms. The lowest BCUT2D eigenvalue weighted by Crippen LogP contribution is -2.06. The van der Waals surface area contributed by atoms with E-state index in [2.05, 4.69) is 0 Å². The summed E-state index contributed by atoms with van der Waals surface area (Å²) in [5.41, 5.74) is 10.4. The molecule has 0 aliphatic carbocycles. The highest BCUT2D eigenvalue weighted by molar-refractivity contribution is 7.99. The summed E-state index contributed by atoms with van der Waals surface area (Å²) >= 11 is 1.80. The van der Waals surface area contributed by atoms with Crippen molar-refractivity contribution in [1.29, 1.82) is 0 Å². The molecule has 0 amide bonds. The van der Waals surface area contributed by atoms with Crippen LogP contribution in [0.4, 0.5) is 0 Å². The molecule has 0 bridgehead atoms. The van der Waals surface area contributed by atoms with Gasteiger partial charge in [0.15, 0.2) is 23.6 Å². The topological polar surface area (TPSA) is 512 Å². The zero-order chi connectivity index (χ0) is 36.4. The summed E-state index contributed by atoms with van der Waals surface area (Å²) in [7, 11) is -36.4. The summed E-state index contributed by atoms with van der Waals surface area (Å²) in [6, 6.07) is 0. The van der Waals surface area contributed by atoms with Crippen LogP contribution in [-0.2, 0) is 36.5 Å². The minimum Gasteiger partial charge on any atom is -0.330 e. The summed E-state index contributed by atoms with van der Waals surface area (Å²) in [4.78, 5) is 128. The Bertz CT molecular complexity index is 878. The van der Waals surface area contributed by atoms with Gasteiger partial charge >= 0.3 is 60.8 Å². The minimum absolute atomic E-state index is 0.769. The molecule has 0 saturated carbocycles. The van der Waals surface area contributed by atoms with Crippen molar-refractivity contribution in [2.75, 3.05) is 48.2 Å². The molecule has 0 saturated heterocycles. The monoisotopic (exact) mass is 824 g/mol. The Morgan fingerprint density at radius 3 is 0.488 bits per heavy atom. The first kappa shape index (κ1) is 53.9. The van der Waals surface area contributed by atoms with E-state index in [0.29, 0.717) is 0 Å². The van der Waals surface area contributed by atoms with Gasteiger partial charge in [0.2, 0.25) is 0 Å². The average Bonchev–Trinajstić information content (AvgIpc) is 2.51. The summed E-state index contributed by atoms with van der Waals surface area (Å²) in [6.45, 7) is 1.54. The first-order valence-electron chi connectivity index (χ1n) is 9.58. The van der Waals surface area contributed by atoms with E-state index in [0.717, 1.165) is 24.6 Å². The highest BCUT2D eigenvalue weighted by Gasteiger charge is 2.28. The zero-order valence-corrected chi connectivity index (χ0v) is 29.2. The van der Waals surface area contributed by atoms with Crippen molar-refractivity contribution >= 4 is 72.5 Å². The molecule has 0 aromatic rings. The molecule has 0 spiro atoms. The van der Waals surface area contributed by atoms with Gasteiger partial charge in [-0.3, -0.25) is 36.5 Å². The molecule has 0 heterocycles. The van der Waals surface area contributed by atoms with Crippen molar-refractivity contribution in [2.45, 2.75) is 0 Å². The van der Waals surface area contributed by atoms with E-state index in [1.807, 2.05) is 0 Å². The molecule has 0 aliphatic heterocycles. The molecule has 0 radical (unpaired) electrons. The van der Waals surface area contributed by atoms with Crippen molar-refractivity contribution in [2.24, 2.45) is 11.5 Å². The fourth-order valence-electron chi connectivity index (χ4n) is 1.23. The van der Waals surface area contributed by atoms with E-state index in [9.17, 15) is 36.5 Å². The number of nitrogens with two attached hydrogens (primary N) is 2. The quantitative estimate of drug-likeness (QED) is 0.0682. The first-order valence-corrected chi connectivity index (χ1v) is 25.1. The van der Waals surface area contributed by atoms with E-state index in [1.54, 1.807) is 11.8 Å². The maximum Gasteiger partial charge on any atom is 0.337 e. The minimum atomic E-state index is -4.55. The highest BCUT2D eigenvalue weighted by Crippen LogP contribution is 2.53. The lowest BCUT2D eigenvalue weighted by Gasteiger charge is -2.03. The third-order valence-electron chi connectivity index (χ3n) is 2.00. The van der Waals surface area contributed by atoms with Gasteiger partial charge in [-0.1, -0.05) is 0 Å². The van der Waals surface area contributed by atoms with Crippen LogP contribution in [0, 0.1) is 0 Å². The Morgan fingerprint density at radius 1 is 0.326 bits per heavy atom. The Hall–Kier alpha value is 1.47. The number of hydrogen-bond acceptors (Lipinski definition) is 11. The van der Waals surface area contributed by atoms with Crippen molar-refractivity contribution in [3.8, 4) is 0 Å². The summed E-state index contributed by atoms with van der Waals surface area (Å²) in [5, 5.41) is 0. The Labute approximate surface area is 247 Å². The van der Waals surface area contributed by atoms with Crippen LogP contribution in [0.25, 0.3) is 0 Å². The van der Waals surface area contributed by atoms with Crippen LogP contribution in [0.15, 0.2) is 0 Å². The second-order valence-corrected chi connectivity index (χ2v) is 23.5. The lowest BCUT2D eigenvalue weighted by molar-refractivity contribution is 0.352. The van der Waals surface area contributed by atoms with Crippen LogP contribution < -0.4 is 11.5 Å². The molecule has 268 valence electrons. The van der Waals surface area contributed by atoms with Gasteiger partial charge < -0.3 is 89.8 Å². The molecule has 26 nitrogen and oxygen atoms in total. The van der Waals surface area contributed by atoms with E-state index < -0.39 is 84.4 Å². The molecular formula is C8H36N2O24P8S.